The van der Waals surface area contributed by atoms with E-state index in [0.717, 1.165) is 12.0 Å². The zero-order valence-corrected chi connectivity index (χ0v) is 11.1. The van der Waals surface area contributed by atoms with Crippen molar-refractivity contribution < 1.29 is 9.53 Å². The summed E-state index contributed by atoms with van der Waals surface area (Å²) in [6.45, 7) is 12.3. The van der Waals surface area contributed by atoms with Crippen LogP contribution < -0.4 is 0 Å². The average Bonchev–Trinajstić information content (AvgIpc) is 2.12. The van der Waals surface area contributed by atoms with Gasteiger partial charge in [-0.2, -0.15) is 0 Å². The zero-order valence-electron chi connectivity index (χ0n) is 11.1. The Morgan fingerprint density at radius 1 is 1.27 bits per heavy atom. The molecule has 0 rings (SSSR count). The van der Waals surface area contributed by atoms with E-state index in [2.05, 4.69) is 20.8 Å². The Bertz CT molecular complexity index is 258. The summed E-state index contributed by atoms with van der Waals surface area (Å²) in [4.78, 5) is 11.8. The van der Waals surface area contributed by atoms with Gasteiger partial charge < -0.3 is 4.74 Å². The SMILES string of the molecule is CC=C(C)C(C)(CC(C)(C)C)C(=O)OC. The van der Waals surface area contributed by atoms with E-state index >= 15 is 0 Å². The van der Waals surface area contributed by atoms with Gasteiger partial charge >= 0.3 is 5.97 Å². The Hall–Kier alpha value is -0.790. The van der Waals surface area contributed by atoms with Crippen LogP contribution in [-0.4, -0.2) is 13.1 Å². The third-order valence-electron chi connectivity index (χ3n) is 2.82. The van der Waals surface area contributed by atoms with Crippen LogP contribution in [0.5, 0.6) is 0 Å². The molecule has 0 aromatic carbocycles. The minimum atomic E-state index is -0.498. The maximum Gasteiger partial charge on any atom is 0.315 e. The second kappa shape index (κ2) is 4.82. The second-order valence-electron chi connectivity index (χ2n) is 5.53. The van der Waals surface area contributed by atoms with E-state index in [-0.39, 0.29) is 11.4 Å². The van der Waals surface area contributed by atoms with Crippen LogP contribution in [0.15, 0.2) is 11.6 Å². The van der Waals surface area contributed by atoms with Gasteiger partial charge in [0.2, 0.25) is 0 Å². The van der Waals surface area contributed by atoms with Gasteiger partial charge in [-0.3, -0.25) is 4.79 Å². The summed E-state index contributed by atoms with van der Waals surface area (Å²) in [5, 5.41) is 0. The molecule has 1 unspecified atom stereocenters. The Balaban J connectivity index is 5.13. The number of allylic oxidation sites excluding steroid dienone is 1. The van der Waals surface area contributed by atoms with Crippen LogP contribution in [0.2, 0.25) is 0 Å². The van der Waals surface area contributed by atoms with Crippen molar-refractivity contribution in [3.8, 4) is 0 Å². The number of hydrogen-bond donors (Lipinski definition) is 0. The Morgan fingerprint density at radius 2 is 1.73 bits per heavy atom. The Labute approximate surface area is 93.7 Å². The highest BCUT2D eigenvalue weighted by Gasteiger charge is 2.39. The Kier molecular flexibility index (Phi) is 4.57. The molecule has 88 valence electrons. The molecule has 0 aliphatic heterocycles. The monoisotopic (exact) mass is 212 g/mol. The summed E-state index contributed by atoms with van der Waals surface area (Å²) in [6, 6.07) is 0. The summed E-state index contributed by atoms with van der Waals surface area (Å²) >= 11 is 0. The third-order valence-corrected chi connectivity index (χ3v) is 2.82. The first-order valence-electron chi connectivity index (χ1n) is 5.39. The van der Waals surface area contributed by atoms with E-state index in [1.54, 1.807) is 0 Å². The van der Waals surface area contributed by atoms with Crippen molar-refractivity contribution in [1.29, 1.82) is 0 Å². The van der Waals surface area contributed by atoms with Gasteiger partial charge in [0, 0.05) is 0 Å². The van der Waals surface area contributed by atoms with Crippen molar-refractivity contribution in [3.63, 3.8) is 0 Å². The van der Waals surface area contributed by atoms with Crippen LogP contribution in [0.25, 0.3) is 0 Å². The number of ether oxygens (including phenoxy) is 1. The number of carbonyl (C=O) groups is 1. The standard InChI is InChI=1S/C13H24O2/c1-8-10(2)13(6,11(14)15-7)9-12(3,4)5/h8H,9H2,1-7H3. The van der Waals surface area contributed by atoms with Crippen molar-refractivity contribution >= 4 is 5.97 Å². The topological polar surface area (TPSA) is 26.3 Å². The van der Waals surface area contributed by atoms with E-state index in [1.165, 1.54) is 7.11 Å². The highest BCUT2D eigenvalue weighted by molar-refractivity contribution is 5.79. The number of rotatable bonds is 3. The van der Waals surface area contributed by atoms with Crippen molar-refractivity contribution in [1.82, 2.24) is 0 Å². The van der Waals surface area contributed by atoms with E-state index in [4.69, 9.17) is 4.74 Å². The normalized spacial score (nSPS) is 17.1. The van der Waals surface area contributed by atoms with Gasteiger partial charge in [-0.25, -0.2) is 0 Å². The lowest BCUT2D eigenvalue weighted by Crippen LogP contribution is -2.34. The van der Waals surface area contributed by atoms with Crippen LogP contribution >= 0.6 is 0 Å². The summed E-state index contributed by atoms with van der Waals surface area (Å²) in [5.41, 5.74) is 0.680. The third kappa shape index (κ3) is 3.69. The molecule has 0 N–H and O–H groups in total. The van der Waals surface area contributed by atoms with Gasteiger partial charge in [-0.15, -0.1) is 0 Å². The molecule has 2 heteroatoms. The summed E-state index contributed by atoms with van der Waals surface area (Å²) < 4.78 is 4.90. The van der Waals surface area contributed by atoms with Crippen molar-refractivity contribution in [3.05, 3.63) is 11.6 Å². The van der Waals surface area contributed by atoms with Gasteiger partial charge in [0.15, 0.2) is 0 Å². The molecule has 0 radical (unpaired) electrons. The largest absolute Gasteiger partial charge is 0.468 e. The van der Waals surface area contributed by atoms with Crippen molar-refractivity contribution in [2.45, 2.75) is 48.0 Å². The molecule has 15 heavy (non-hydrogen) atoms. The molecule has 0 amide bonds. The molecule has 0 saturated heterocycles. The summed E-state index contributed by atoms with van der Waals surface area (Å²) in [5.74, 6) is -0.145. The van der Waals surface area contributed by atoms with Crippen molar-refractivity contribution in [2.24, 2.45) is 10.8 Å². The minimum Gasteiger partial charge on any atom is -0.468 e. The lowest BCUT2D eigenvalue weighted by molar-refractivity contribution is -0.151. The number of esters is 1. The summed E-state index contributed by atoms with van der Waals surface area (Å²) in [6.07, 6.45) is 2.78. The first-order valence-corrected chi connectivity index (χ1v) is 5.39. The minimum absolute atomic E-state index is 0.104. The van der Waals surface area contributed by atoms with Gasteiger partial charge in [-0.05, 0) is 32.6 Å². The smallest absolute Gasteiger partial charge is 0.315 e. The fourth-order valence-electron chi connectivity index (χ4n) is 1.98. The molecular formula is C13H24O2. The van der Waals surface area contributed by atoms with E-state index in [0.29, 0.717) is 0 Å². The highest BCUT2D eigenvalue weighted by Crippen LogP contribution is 2.39. The quantitative estimate of drug-likeness (QED) is 0.528. The van der Waals surface area contributed by atoms with Gasteiger partial charge in [0.1, 0.15) is 0 Å². The van der Waals surface area contributed by atoms with E-state index < -0.39 is 5.41 Å². The molecule has 2 nitrogen and oxygen atoms in total. The van der Waals surface area contributed by atoms with Gasteiger partial charge in [0.25, 0.3) is 0 Å². The second-order valence-corrected chi connectivity index (χ2v) is 5.53. The van der Waals surface area contributed by atoms with Gasteiger partial charge in [0.05, 0.1) is 12.5 Å². The van der Waals surface area contributed by atoms with Crippen LogP contribution in [0, 0.1) is 10.8 Å². The predicted molar refractivity (Wildman–Crippen MR) is 63.6 cm³/mol. The highest BCUT2D eigenvalue weighted by atomic mass is 16.5. The van der Waals surface area contributed by atoms with E-state index in [9.17, 15) is 4.79 Å². The Morgan fingerprint density at radius 3 is 2.00 bits per heavy atom. The lowest BCUT2D eigenvalue weighted by Gasteiger charge is -2.34. The first kappa shape index (κ1) is 14.2. The molecule has 0 spiro atoms. The predicted octanol–water partition coefficient (Wildman–Crippen LogP) is 3.57. The average molecular weight is 212 g/mol. The number of hydrogen-bond acceptors (Lipinski definition) is 2. The molecule has 0 bridgehead atoms. The molecule has 0 saturated carbocycles. The first-order chi connectivity index (χ1) is 6.67. The van der Waals surface area contributed by atoms with Gasteiger partial charge in [-0.1, -0.05) is 32.4 Å². The number of methoxy groups -OCH3 is 1. The van der Waals surface area contributed by atoms with Crippen molar-refractivity contribution in [2.75, 3.05) is 7.11 Å². The zero-order chi connectivity index (χ0) is 12.3. The maximum atomic E-state index is 11.8. The molecule has 0 aliphatic rings. The summed E-state index contributed by atoms with van der Waals surface area (Å²) in [7, 11) is 1.45. The lowest BCUT2D eigenvalue weighted by atomic mass is 9.71. The van der Waals surface area contributed by atoms with Crippen LogP contribution in [0.1, 0.15) is 48.0 Å². The van der Waals surface area contributed by atoms with Crippen LogP contribution in [0.4, 0.5) is 0 Å². The molecule has 0 aromatic heterocycles. The van der Waals surface area contributed by atoms with Crippen LogP contribution in [0.3, 0.4) is 0 Å². The molecule has 0 aliphatic carbocycles. The molecule has 0 heterocycles. The number of carbonyl (C=O) groups excluding carboxylic acids is 1. The molecule has 0 fully saturated rings. The molecular weight excluding hydrogens is 188 g/mol. The fraction of sp³-hybridized carbons (Fsp3) is 0.769. The van der Waals surface area contributed by atoms with Crippen LogP contribution in [-0.2, 0) is 9.53 Å². The van der Waals surface area contributed by atoms with E-state index in [1.807, 2.05) is 26.8 Å². The fourth-order valence-corrected chi connectivity index (χ4v) is 1.98. The maximum absolute atomic E-state index is 11.8. The molecule has 1 atom stereocenters. The molecule has 0 aromatic rings.